The number of hydrogen-bond acceptors (Lipinski definition) is 2. The van der Waals surface area contributed by atoms with E-state index in [1.165, 1.54) is 11.9 Å². The first-order valence-corrected chi connectivity index (χ1v) is 5.94. The maximum Gasteiger partial charge on any atom is 0.0958 e. The highest BCUT2D eigenvalue weighted by atomic mass is 15.1. The van der Waals surface area contributed by atoms with E-state index < -0.39 is 0 Å². The van der Waals surface area contributed by atoms with E-state index >= 15 is 0 Å². The zero-order chi connectivity index (χ0) is 11.4. The maximum absolute atomic E-state index is 4.37. The van der Waals surface area contributed by atoms with Crippen LogP contribution in [0.15, 0.2) is 30.6 Å². The van der Waals surface area contributed by atoms with Gasteiger partial charge in [0.05, 0.1) is 17.4 Å². The van der Waals surface area contributed by atoms with Crippen molar-refractivity contribution in [1.29, 1.82) is 0 Å². The molecule has 1 N–H and O–H groups in total. The smallest absolute Gasteiger partial charge is 0.0958 e. The van der Waals surface area contributed by atoms with E-state index in [4.69, 9.17) is 0 Å². The molecule has 0 spiro atoms. The molecule has 0 bridgehead atoms. The van der Waals surface area contributed by atoms with Gasteiger partial charge in [-0.25, -0.2) is 4.98 Å². The number of fused-ring (bicyclic) bond motifs is 1. The number of hydrogen-bond donors (Lipinski definition) is 1. The second-order valence-corrected chi connectivity index (χ2v) is 4.19. The van der Waals surface area contributed by atoms with Crippen molar-refractivity contribution in [3.05, 3.63) is 30.6 Å². The minimum absolute atomic E-state index is 0.592. The molecule has 0 aliphatic carbocycles. The predicted molar refractivity (Wildman–Crippen MR) is 67.5 cm³/mol. The lowest BCUT2D eigenvalue weighted by atomic mass is 10.2. The fourth-order valence-corrected chi connectivity index (χ4v) is 1.76. The Morgan fingerprint density at radius 1 is 1.38 bits per heavy atom. The second kappa shape index (κ2) is 5.12. The lowest BCUT2D eigenvalue weighted by molar-refractivity contribution is 0.508. The van der Waals surface area contributed by atoms with Gasteiger partial charge >= 0.3 is 0 Å². The standard InChI is InChI=1S/C13H19N3/c1-3-11(2)14-8-9-16-10-15-12-6-4-5-7-13(12)16/h4-7,10-11,14H,3,8-9H2,1-2H3. The van der Waals surface area contributed by atoms with Gasteiger partial charge in [-0.05, 0) is 25.5 Å². The van der Waals surface area contributed by atoms with Crippen LogP contribution < -0.4 is 5.32 Å². The van der Waals surface area contributed by atoms with Gasteiger partial charge in [0.15, 0.2) is 0 Å². The molecule has 1 heterocycles. The SMILES string of the molecule is CCC(C)NCCn1cnc2ccccc21. The molecule has 2 aromatic rings. The number of nitrogens with one attached hydrogen (secondary N) is 1. The topological polar surface area (TPSA) is 29.9 Å². The lowest BCUT2D eigenvalue weighted by Crippen LogP contribution is -2.28. The third-order valence-electron chi connectivity index (χ3n) is 2.99. The van der Waals surface area contributed by atoms with Gasteiger partial charge in [-0.2, -0.15) is 0 Å². The molecule has 1 unspecified atom stereocenters. The van der Waals surface area contributed by atoms with Crippen molar-refractivity contribution in [2.45, 2.75) is 32.9 Å². The molecule has 3 nitrogen and oxygen atoms in total. The van der Waals surface area contributed by atoms with Gasteiger partial charge in [0, 0.05) is 19.1 Å². The fraction of sp³-hybridized carbons (Fsp3) is 0.462. The quantitative estimate of drug-likeness (QED) is 0.833. The molecule has 0 saturated carbocycles. The third-order valence-corrected chi connectivity index (χ3v) is 2.99. The monoisotopic (exact) mass is 217 g/mol. The van der Waals surface area contributed by atoms with E-state index in [1.807, 2.05) is 18.5 Å². The Labute approximate surface area is 96.5 Å². The van der Waals surface area contributed by atoms with Crippen LogP contribution in [0.5, 0.6) is 0 Å². The van der Waals surface area contributed by atoms with Crippen molar-refractivity contribution in [2.24, 2.45) is 0 Å². The third kappa shape index (κ3) is 2.42. The summed E-state index contributed by atoms with van der Waals surface area (Å²) in [4.78, 5) is 4.37. The molecule has 1 aromatic carbocycles. The van der Waals surface area contributed by atoms with Crippen LogP contribution in [0.1, 0.15) is 20.3 Å². The average Bonchev–Trinajstić information content (AvgIpc) is 2.73. The van der Waals surface area contributed by atoms with E-state index in [1.54, 1.807) is 0 Å². The van der Waals surface area contributed by atoms with Gasteiger partial charge in [0.25, 0.3) is 0 Å². The number of benzene rings is 1. The van der Waals surface area contributed by atoms with Gasteiger partial charge in [-0.15, -0.1) is 0 Å². The van der Waals surface area contributed by atoms with Gasteiger partial charge in [-0.1, -0.05) is 19.1 Å². The molecule has 3 heteroatoms. The molecular weight excluding hydrogens is 198 g/mol. The lowest BCUT2D eigenvalue weighted by Gasteiger charge is -2.11. The Kier molecular flexibility index (Phi) is 3.57. The average molecular weight is 217 g/mol. The van der Waals surface area contributed by atoms with Gasteiger partial charge in [0.2, 0.25) is 0 Å². The van der Waals surface area contributed by atoms with E-state index in [2.05, 4.69) is 40.8 Å². The molecule has 0 radical (unpaired) electrons. The molecule has 2 rings (SSSR count). The molecule has 86 valence electrons. The Balaban J connectivity index is 1.99. The van der Waals surface area contributed by atoms with E-state index in [0.717, 1.165) is 18.6 Å². The highest BCUT2D eigenvalue weighted by Gasteiger charge is 2.01. The van der Waals surface area contributed by atoms with Gasteiger partial charge in [0.1, 0.15) is 0 Å². The summed E-state index contributed by atoms with van der Waals surface area (Å²) >= 11 is 0. The van der Waals surface area contributed by atoms with Crippen molar-refractivity contribution in [2.75, 3.05) is 6.54 Å². The summed E-state index contributed by atoms with van der Waals surface area (Å²) in [6.45, 7) is 6.39. The Morgan fingerprint density at radius 2 is 2.19 bits per heavy atom. The summed E-state index contributed by atoms with van der Waals surface area (Å²) in [7, 11) is 0. The van der Waals surface area contributed by atoms with E-state index in [9.17, 15) is 0 Å². The largest absolute Gasteiger partial charge is 0.329 e. The van der Waals surface area contributed by atoms with Crippen molar-refractivity contribution in [3.63, 3.8) is 0 Å². The number of imidazole rings is 1. The highest BCUT2D eigenvalue weighted by Crippen LogP contribution is 2.10. The molecule has 0 amide bonds. The van der Waals surface area contributed by atoms with Crippen molar-refractivity contribution in [1.82, 2.24) is 14.9 Å². The molecule has 1 aromatic heterocycles. The molecule has 0 saturated heterocycles. The molecule has 16 heavy (non-hydrogen) atoms. The molecule has 0 fully saturated rings. The highest BCUT2D eigenvalue weighted by molar-refractivity contribution is 5.74. The van der Waals surface area contributed by atoms with Crippen LogP contribution in [-0.2, 0) is 6.54 Å². The predicted octanol–water partition coefficient (Wildman–Crippen LogP) is 2.42. The summed E-state index contributed by atoms with van der Waals surface area (Å²) in [5, 5.41) is 3.49. The minimum atomic E-state index is 0.592. The number of rotatable bonds is 5. The first-order chi connectivity index (χ1) is 7.81. The fourth-order valence-electron chi connectivity index (χ4n) is 1.76. The summed E-state index contributed by atoms with van der Waals surface area (Å²) in [5.74, 6) is 0. The van der Waals surface area contributed by atoms with Crippen molar-refractivity contribution < 1.29 is 0 Å². The molecule has 1 atom stereocenters. The van der Waals surface area contributed by atoms with Crippen molar-refractivity contribution in [3.8, 4) is 0 Å². The van der Waals surface area contributed by atoms with Crippen LogP contribution in [0.3, 0.4) is 0 Å². The zero-order valence-corrected chi connectivity index (χ0v) is 9.98. The number of para-hydroxylation sites is 2. The van der Waals surface area contributed by atoms with E-state index in [0.29, 0.717) is 6.04 Å². The number of nitrogens with zero attached hydrogens (tertiary/aromatic N) is 2. The molecule has 0 aliphatic heterocycles. The molecular formula is C13H19N3. The van der Waals surface area contributed by atoms with Crippen LogP contribution >= 0.6 is 0 Å². The van der Waals surface area contributed by atoms with Crippen LogP contribution in [0.25, 0.3) is 11.0 Å². The van der Waals surface area contributed by atoms with Crippen molar-refractivity contribution >= 4 is 11.0 Å². The first kappa shape index (κ1) is 11.1. The zero-order valence-electron chi connectivity index (χ0n) is 9.98. The first-order valence-electron chi connectivity index (χ1n) is 5.94. The van der Waals surface area contributed by atoms with Crippen LogP contribution in [0, 0.1) is 0 Å². The Bertz CT molecular complexity index is 447. The number of aromatic nitrogens is 2. The minimum Gasteiger partial charge on any atom is -0.329 e. The van der Waals surface area contributed by atoms with E-state index in [-0.39, 0.29) is 0 Å². The van der Waals surface area contributed by atoms with Crippen LogP contribution in [-0.4, -0.2) is 22.1 Å². The second-order valence-electron chi connectivity index (χ2n) is 4.19. The summed E-state index contributed by atoms with van der Waals surface area (Å²) in [5.41, 5.74) is 2.29. The van der Waals surface area contributed by atoms with Gasteiger partial charge < -0.3 is 9.88 Å². The molecule has 0 aliphatic rings. The van der Waals surface area contributed by atoms with Gasteiger partial charge in [-0.3, -0.25) is 0 Å². The summed E-state index contributed by atoms with van der Waals surface area (Å²) < 4.78 is 2.20. The Hall–Kier alpha value is -1.35. The van der Waals surface area contributed by atoms with Crippen LogP contribution in [0.4, 0.5) is 0 Å². The summed E-state index contributed by atoms with van der Waals surface area (Å²) in [6, 6.07) is 8.84. The Morgan fingerprint density at radius 3 is 3.00 bits per heavy atom. The summed E-state index contributed by atoms with van der Waals surface area (Å²) in [6.07, 6.45) is 3.09. The maximum atomic E-state index is 4.37. The normalized spacial score (nSPS) is 13.1. The van der Waals surface area contributed by atoms with Crippen LogP contribution in [0.2, 0.25) is 0 Å².